The van der Waals surface area contributed by atoms with E-state index < -0.39 is 0 Å². The predicted molar refractivity (Wildman–Crippen MR) is 74.7 cm³/mol. The van der Waals surface area contributed by atoms with Gasteiger partial charge in [0, 0.05) is 19.8 Å². The summed E-state index contributed by atoms with van der Waals surface area (Å²) in [6.07, 6.45) is 0. The molecule has 4 heteroatoms. The summed E-state index contributed by atoms with van der Waals surface area (Å²) in [7, 11) is 5.06. The van der Waals surface area contributed by atoms with Crippen LogP contribution in [0.25, 0.3) is 0 Å². The van der Waals surface area contributed by atoms with Gasteiger partial charge in [-0.2, -0.15) is 0 Å². The highest BCUT2D eigenvalue weighted by atomic mass is 16.5. The van der Waals surface area contributed by atoms with Crippen LogP contribution in [0.3, 0.4) is 0 Å². The molecule has 0 aliphatic heterocycles. The van der Waals surface area contributed by atoms with Crippen molar-refractivity contribution in [3.8, 4) is 5.75 Å². The molecule has 1 aromatic rings. The van der Waals surface area contributed by atoms with Crippen LogP contribution in [0.15, 0.2) is 12.1 Å². The van der Waals surface area contributed by atoms with Crippen LogP contribution in [0.4, 0.5) is 10.5 Å². The van der Waals surface area contributed by atoms with Crippen LogP contribution in [0.5, 0.6) is 5.75 Å². The topological polar surface area (TPSA) is 41.6 Å². The minimum Gasteiger partial charge on any atom is -0.496 e. The molecule has 1 aromatic carbocycles. The van der Waals surface area contributed by atoms with Crippen molar-refractivity contribution in [3.63, 3.8) is 0 Å². The van der Waals surface area contributed by atoms with Crippen LogP contribution in [0, 0.1) is 6.92 Å². The second-order valence-electron chi connectivity index (χ2n) is 4.65. The van der Waals surface area contributed by atoms with Crippen molar-refractivity contribution in [1.82, 2.24) is 5.32 Å². The fourth-order valence-corrected chi connectivity index (χ4v) is 1.95. The molecule has 0 saturated carbocycles. The van der Waals surface area contributed by atoms with Gasteiger partial charge in [0.1, 0.15) is 5.75 Å². The van der Waals surface area contributed by atoms with E-state index in [4.69, 9.17) is 4.74 Å². The van der Waals surface area contributed by atoms with Crippen LogP contribution in [-0.2, 0) is 0 Å². The number of rotatable bonds is 3. The molecule has 100 valence electrons. The summed E-state index contributed by atoms with van der Waals surface area (Å²) in [5, 5.41) is 2.62. The van der Waals surface area contributed by atoms with E-state index in [0.717, 1.165) is 22.6 Å². The number of anilines is 1. The summed E-state index contributed by atoms with van der Waals surface area (Å²) in [5.74, 6) is 1.22. The molecule has 0 heterocycles. The van der Waals surface area contributed by atoms with Gasteiger partial charge in [0.15, 0.2) is 0 Å². The number of ether oxygens (including phenoxy) is 1. The van der Waals surface area contributed by atoms with Gasteiger partial charge in [-0.1, -0.05) is 13.8 Å². The van der Waals surface area contributed by atoms with Crippen LogP contribution in [0.1, 0.15) is 30.9 Å². The van der Waals surface area contributed by atoms with Gasteiger partial charge in [0.25, 0.3) is 0 Å². The van der Waals surface area contributed by atoms with E-state index in [9.17, 15) is 4.79 Å². The molecule has 18 heavy (non-hydrogen) atoms. The van der Waals surface area contributed by atoms with Gasteiger partial charge in [-0.15, -0.1) is 0 Å². The molecule has 4 nitrogen and oxygen atoms in total. The molecule has 0 fully saturated rings. The molecule has 0 spiro atoms. The first-order valence-corrected chi connectivity index (χ1v) is 6.06. The average molecular weight is 250 g/mol. The maximum absolute atomic E-state index is 11.7. The lowest BCUT2D eigenvalue weighted by Crippen LogP contribution is -2.35. The zero-order valence-corrected chi connectivity index (χ0v) is 12.0. The third-order valence-corrected chi connectivity index (χ3v) is 3.05. The first-order valence-electron chi connectivity index (χ1n) is 6.06. The maximum atomic E-state index is 11.7. The SMILES string of the molecule is CNC(=O)N(C)c1cc(C(C)C)c(OC)cc1C. The summed E-state index contributed by atoms with van der Waals surface area (Å²) >= 11 is 0. The smallest absolute Gasteiger partial charge is 0.321 e. The number of hydrogen-bond acceptors (Lipinski definition) is 2. The van der Waals surface area contributed by atoms with E-state index in [0.29, 0.717) is 5.92 Å². The van der Waals surface area contributed by atoms with Crippen molar-refractivity contribution in [2.24, 2.45) is 0 Å². The number of hydrogen-bond donors (Lipinski definition) is 1. The fraction of sp³-hybridized carbons (Fsp3) is 0.500. The number of carbonyl (C=O) groups is 1. The van der Waals surface area contributed by atoms with Gasteiger partial charge in [-0.05, 0) is 36.1 Å². The Morgan fingerprint density at radius 3 is 2.44 bits per heavy atom. The van der Waals surface area contributed by atoms with Gasteiger partial charge in [-0.3, -0.25) is 4.90 Å². The van der Waals surface area contributed by atoms with Crippen LogP contribution < -0.4 is 15.0 Å². The molecular formula is C14H22N2O2. The van der Waals surface area contributed by atoms with E-state index in [1.54, 1.807) is 26.1 Å². The third-order valence-electron chi connectivity index (χ3n) is 3.05. The molecule has 0 aliphatic rings. The normalized spacial score (nSPS) is 10.4. The minimum absolute atomic E-state index is 0.127. The minimum atomic E-state index is -0.127. The fourth-order valence-electron chi connectivity index (χ4n) is 1.95. The Morgan fingerprint density at radius 1 is 1.39 bits per heavy atom. The van der Waals surface area contributed by atoms with Gasteiger partial charge < -0.3 is 10.1 Å². The largest absolute Gasteiger partial charge is 0.496 e. The van der Waals surface area contributed by atoms with Crippen molar-refractivity contribution >= 4 is 11.7 Å². The molecule has 0 aromatic heterocycles. The van der Waals surface area contributed by atoms with Crippen molar-refractivity contribution in [1.29, 1.82) is 0 Å². The van der Waals surface area contributed by atoms with Crippen molar-refractivity contribution in [3.05, 3.63) is 23.3 Å². The number of nitrogens with one attached hydrogen (secondary N) is 1. The lowest BCUT2D eigenvalue weighted by molar-refractivity contribution is 0.249. The number of nitrogens with zero attached hydrogens (tertiary/aromatic N) is 1. The second-order valence-corrected chi connectivity index (χ2v) is 4.65. The molecule has 0 bridgehead atoms. The number of benzene rings is 1. The van der Waals surface area contributed by atoms with E-state index in [2.05, 4.69) is 19.2 Å². The number of aryl methyl sites for hydroxylation is 1. The molecule has 1 rings (SSSR count). The highest BCUT2D eigenvalue weighted by Gasteiger charge is 2.16. The number of amides is 2. The Balaban J connectivity index is 3.29. The number of carbonyl (C=O) groups excluding carboxylic acids is 1. The van der Waals surface area contributed by atoms with E-state index >= 15 is 0 Å². The summed E-state index contributed by atoms with van der Waals surface area (Å²) in [4.78, 5) is 13.3. The van der Waals surface area contributed by atoms with Crippen molar-refractivity contribution < 1.29 is 9.53 Å². The predicted octanol–water partition coefficient (Wildman–Crippen LogP) is 2.90. The molecule has 0 aliphatic carbocycles. The zero-order chi connectivity index (χ0) is 13.9. The molecule has 0 unspecified atom stereocenters. The molecule has 0 saturated heterocycles. The quantitative estimate of drug-likeness (QED) is 0.896. The summed E-state index contributed by atoms with van der Waals surface area (Å²) < 4.78 is 5.39. The maximum Gasteiger partial charge on any atom is 0.321 e. The van der Waals surface area contributed by atoms with Gasteiger partial charge in [0.05, 0.1) is 7.11 Å². The molecule has 1 N–H and O–H groups in total. The first-order chi connectivity index (χ1) is 8.42. The molecule has 0 radical (unpaired) electrons. The van der Waals surface area contributed by atoms with E-state index in [1.807, 2.05) is 19.1 Å². The average Bonchev–Trinajstić information content (AvgIpc) is 2.36. The van der Waals surface area contributed by atoms with Gasteiger partial charge in [-0.25, -0.2) is 4.79 Å². The Kier molecular flexibility index (Phi) is 4.59. The zero-order valence-electron chi connectivity index (χ0n) is 12.0. The summed E-state index contributed by atoms with van der Waals surface area (Å²) in [5.41, 5.74) is 3.02. The number of urea groups is 1. The highest BCUT2D eigenvalue weighted by molar-refractivity contribution is 5.92. The highest BCUT2D eigenvalue weighted by Crippen LogP contribution is 2.33. The van der Waals surface area contributed by atoms with E-state index in [1.165, 1.54) is 0 Å². The Labute approximate surface area is 109 Å². The first kappa shape index (κ1) is 14.4. The lowest BCUT2D eigenvalue weighted by Gasteiger charge is -2.22. The summed E-state index contributed by atoms with van der Waals surface area (Å²) in [6.45, 7) is 6.19. The molecule has 0 atom stereocenters. The van der Waals surface area contributed by atoms with Crippen LogP contribution in [-0.4, -0.2) is 27.2 Å². The lowest BCUT2D eigenvalue weighted by atomic mass is 9.99. The second kappa shape index (κ2) is 5.76. The summed E-state index contributed by atoms with van der Waals surface area (Å²) in [6, 6.07) is 3.87. The third kappa shape index (κ3) is 2.75. The standard InChI is InChI=1S/C14H22N2O2/c1-9(2)11-8-12(16(5)14(17)15-4)10(3)7-13(11)18-6/h7-9H,1-6H3,(H,15,17). The Bertz CT molecular complexity index is 442. The van der Waals surface area contributed by atoms with Crippen LogP contribution >= 0.6 is 0 Å². The Morgan fingerprint density at radius 2 is 2.00 bits per heavy atom. The van der Waals surface area contributed by atoms with Gasteiger partial charge >= 0.3 is 6.03 Å². The van der Waals surface area contributed by atoms with Crippen molar-refractivity contribution in [2.75, 3.05) is 26.1 Å². The molecular weight excluding hydrogens is 228 g/mol. The monoisotopic (exact) mass is 250 g/mol. The van der Waals surface area contributed by atoms with Gasteiger partial charge in [0.2, 0.25) is 0 Å². The van der Waals surface area contributed by atoms with Crippen LogP contribution in [0.2, 0.25) is 0 Å². The molecule has 2 amide bonds. The number of methoxy groups -OCH3 is 1. The van der Waals surface area contributed by atoms with E-state index in [-0.39, 0.29) is 6.03 Å². The van der Waals surface area contributed by atoms with Crippen molar-refractivity contribution in [2.45, 2.75) is 26.7 Å². The Hall–Kier alpha value is -1.71.